The molecule has 3 rings (SSSR count). The molecular formula is C17H18N2O4S2. The van der Waals surface area contributed by atoms with E-state index in [4.69, 9.17) is 4.74 Å². The average molecular weight is 378 g/mol. The lowest BCUT2D eigenvalue weighted by Gasteiger charge is -2.23. The van der Waals surface area contributed by atoms with E-state index in [9.17, 15) is 14.4 Å². The summed E-state index contributed by atoms with van der Waals surface area (Å²) in [5.74, 6) is 0.134. The Balaban J connectivity index is 2.23. The van der Waals surface area contributed by atoms with Crippen LogP contribution in [0.5, 0.6) is 5.75 Å². The fourth-order valence-electron chi connectivity index (χ4n) is 2.87. The molecule has 0 unspecified atom stereocenters. The zero-order valence-corrected chi connectivity index (χ0v) is 15.8. The molecule has 0 spiro atoms. The molecule has 1 aliphatic heterocycles. The van der Waals surface area contributed by atoms with E-state index < -0.39 is 0 Å². The Morgan fingerprint density at radius 3 is 2.64 bits per heavy atom. The van der Waals surface area contributed by atoms with Crippen molar-refractivity contribution in [2.75, 3.05) is 19.1 Å². The predicted molar refractivity (Wildman–Crippen MR) is 98.6 cm³/mol. The Morgan fingerprint density at radius 2 is 2.04 bits per heavy atom. The van der Waals surface area contributed by atoms with Gasteiger partial charge >= 0.3 is 0 Å². The lowest BCUT2D eigenvalue weighted by molar-refractivity contribution is 0.0926. The number of fused-ring (bicyclic) bond motifs is 1. The van der Waals surface area contributed by atoms with Gasteiger partial charge in [-0.3, -0.25) is 19.1 Å². The van der Waals surface area contributed by atoms with Crippen LogP contribution in [0.4, 0.5) is 0 Å². The molecule has 0 saturated carbocycles. The first-order valence-corrected chi connectivity index (χ1v) is 10.3. The molecule has 8 heteroatoms. The summed E-state index contributed by atoms with van der Waals surface area (Å²) in [4.78, 5) is 39.1. The number of ketones is 2. The molecule has 0 amide bonds. The zero-order valence-electron chi connectivity index (χ0n) is 14.2. The molecule has 1 aromatic carbocycles. The Kier molecular flexibility index (Phi) is 5.10. The maximum atomic E-state index is 13.0. The molecule has 0 radical (unpaired) electrons. The van der Waals surface area contributed by atoms with E-state index in [1.165, 1.54) is 34.4 Å². The van der Waals surface area contributed by atoms with Crippen molar-refractivity contribution < 1.29 is 14.3 Å². The number of H-pyrrole nitrogens is 1. The Labute approximate surface area is 153 Å². The molecule has 1 N–H and O–H groups in total. The maximum absolute atomic E-state index is 13.0. The third-order valence-electron chi connectivity index (χ3n) is 4.12. The maximum Gasteiger partial charge on any atom is 0.277 e. The second kappa shape index (κ2) is 7.13. The summed E-state index contributed by atoms with van der Waals surface area (Å²) >= 11 is 2.74. The van der Waals surface area contributed by atoms with Gasteiger partial charge in [-0.05, 0) is 25.5 Å². The summed E-state index contributed by atoms with van der Waals surface area (Å²) in [5.41, 5.74) is 0.549. The first-order valence-electron chi connectivity index (χ1n) is 7.81. The minimum absolute atomic E-state index is 0.0319. The number of benzene rings is 1. The highest BCUT2D eigenvalue weighted by Crippen LogP contribution is 2.42. The minimum Gasteiger partial charge on any atom is -0.491 e. The molecule has 2 heterocycles. The van der Waals surface area contributed by atoms with E-state index in [2.05, 4.69) is 5.10 Å². The van der Waals surface area contributed by atoms with Crippen LogP contribution in [-0.2, 0) is 6.54 Å². The Morgan fingerprint density at radius 1 is 1.28 bits per heavy atom. The number of carbonyl (C=O) groups is 2. The third kappa shape index (κ3) is 2.93. The SMILES string of the molecule is CCn1[nH]cc(C(=O)c2cc(SC)c3c(c2SC)C(=O)CCO3)c1=O. The number of thioether (sulfide) groups is 2. The van der Waals surface area contributed by atoms with Crippen LogP contribution >= 0.6 is 23.5 Å². The number of rotatable bonds is 5. The van der Waals surface area contributed by atoms with Crippen molar-refractivity contribution in [3.63, 3.8) is 0 Å². The van der Waals surface area contributed by atoms with Crippen LogP contribution in [0, 0.1) is 0 Å². The highest BCUT2D eigenvalue weighted by molar-refractivity contribution is 7.99. The summed E-state index contributed by atoms with van der Waals surface area (Å²) in [5, 5.41) is 2.79. The van der Waals surface area contributed by atoms with Crippen LogP contribution in [0.2, 0.25) is 0 Å². The normalized spacial score (nSPS) is 13.5. The lowest BCUT2D eigenvalue weighted by atomic mass is 9.98. The van der Waals surface area contributed by atoms with Crippen LogP contribution in [0.3, 0.4) is 0 Å². The van der Waals surface area contributed by atoms with Crippen molar-refractivity contribution in [3.05, 3.63) is 39.3 Å². The van der Waals surface area contributed by atoms with Crippen molar-refractivity contribution >= 4 is 35.1 Å². The number of nitrogens with one attached hydrogen (secondary N) is 1. The molecule has 2 aromatic rings. The molecule has 0 aliphatic carbocycles. The zero-order chi connectivity index (χ0) is 18.1. The van der Waals surface area contributed by atoms with Crippen LogP contribution < -0.4 is 10.3 Å². The first-order chi connectivity index (χ1) is 12.0. The number of Topliss-reactive ketones (excluding diaryl/α,β-unsaturated/α-hetero) is 1. The first kappa shape index (κ1) is 17.9. The van der Waals surface area contributed by atoms with E-state index >= 15 is 0 Å². The Bertz CT molecular complexity index is 914. The largest absolute Gasteiger partial charge is 0.491 e. The topological polar surface area (TPSA) is 81.2 Å². The fourth-order valence-corrected chi connectivity index (χ4v) is 4.24. The van der Waals surface area contributed by atoms with Crippen LogP contribution in [0.1, 0.15) is 39.6 Å². The second-order valence-corrected chi connectivity index (χ2v) is 7.12. The van der Waals surface area contributed by atoms with Gasteiger partial charge in [0, 0.05) is 29.6 Å². The van der Waals surface area contributed by atoms with Gasteiger partial charge in [-0.15, -0.1) is 23.5 Å². The van der Waals surface area contributed by atoms with Crippen molar-refractivity contribution in [3.8, 4) is 5.75 Å². The van der Waals surface area contributed by atoms with Gasteiger partial charge in [0.25, 0.3) is 5.56 Å². The summed E-state index contributed by atoms with van der Waals surface area (Å²) in [7, 11) is 0. The summed E-state index contributed by atoms with van der Waals surface area (Å²) in [6, 6.07) is 1.72. The number of aryl methyl sites for hydroxylation is 1. The number of ether oxygens (including phenoxy) is 1. The van der Waals surface area contributed by atoms with Gasteiger partial charge in [0.15, 0.2) is 5.78 Å². The summed E-state index contributed by atoms with van der Waals surface area (Å²) in [6.45, 7) is 2.62. The van der Waals surface area contributed by atoms with Gasteiger partial charge in [0.1, 0.15) is 11.3 Å². The van der Waals surface area contributed by atoms with E-state index in [-0.39, 0.29) is 22.7 Å². The standard InChI is InChI=1S/C17H18N2O4S2/c1-4-19-17(22)10(8-18-19)14(21)9-7-12(24-2)15-13(16(9)25-3)11(20)5-6-23-15/h7-8,18H,4-6H2,1-3H3. The van der Waals surface area contributed by atoms with Gasteiger partial charge < -0.3 is 9.84 Å². The quantitative estimate of drug-likeness (QED) is 0.636. The molecule has 25 heavy (non-hydrogen) atoms. The number of hydrogen-bond acceptors (Lipinski definition) is 6. The third-order valence-corrected chi connectivity index (χ3v) is 5.70. The van der Waals surface area contributed by atoms with Gasteiger partial charge in [0.05, 0.1) is 17.1 Å². The monoisotopic (exact) mass is 378 g/mol. The highest BCUT2D eigenvalue weighted by atomic mass is 32.2. The van der Waals surface area contributed by atoms with E-state index in [1.807, 2.05) is 19.4 Å². The van der Waals surface area contributed by atoms with Crippen molar-refractivity contribution in [2.45, 2.75) is 29.7 Å². The molecule has 1 aliphatic rings. The van der Waals surface area contributed by atoms with Crippen molar-refractivity contribution in [1.82, 2.24) is 9.78 Å². The summed E-state index contributed by atoms with van der Waals surface area (Å²) < 4.78 is 7.07. The van der Waals surface area contributed by atoms with Gasteiger partial charge in [-0.2, -0.15) is 0 Å². The van der Waals surface area contributed by atoms with Crippen molar-refractivity contribution in [1.29, 1.82) is 0 Å². The van der Waals surface area contributed by atoms with Gasteiger partial charge in [-0.1, -0.05) is 0 Å². The smallest absolute Gasteiger partial charge is 0.277 e. The number of aromatic nitrogens is 2. The number of nitrogens with zero attached hydrogens (tertiary/aromatic N) is 1. The highest BCUT2D eigenvalue weighted by Gasteiger charge is 2.30. The van der Waals surface area contributed by atoms with Crippen molar-refractivity contribution in [2.24, 2.45) is 0 Å². The number of aromatic amines is 1. The van der Waals surface area contributed by atoms with Gasteiger partial charge in [0.2, 0.25) is 5.78 Å². The van der Waals surface area contributed by atoms with E-state index in [0.717, 1.165) is 4.90 Å². The van der Waals surface area contributed by atoms with Crippen LogP contribution in [0.15, 0.2) is 26.8 Å². The van der Waals surface area contributed by atoms with Gasteiger partial charge in [-0.25, -0.2) is 0 Å². The Hall–Kier alpha value is -1.93. The minimum atomic E-state index is -0.380. The molecule has 0 fully saturated rings. The molecule has 6 nitrogen and oxygen atoms in total. The molecule has 0 saturated heterocycles. The fraction of sp³-hybridized carbons (Fsp3) is 0.353. The summed E-state index contributed by atoms with van der Waals surface area (Å²) in [6.07, 6.45) is 5.40. The molecule has 132 valence electrons. The molecule has 0 atom stereocenters. The molecular weight excluding hydrogens is 360 g/mol. The molecule has 1 aromatic heterocycles. The van der Waals surface area contributed by atoms with E-state index in [1.54, 1.807) is 6.07 Å². The predicted octanol–water partition coefficient (Wildman–Crippen LogP) is 2.84. The number of hydrogen-bond donors (Lipinski definition) is 1. The lowest BCUT2D eigenvalue weighted by Crippen LogP contribution is -2.23. The second-order valence-electron chi connectivity index (χ2n) is 5.45. The molecule has 0 bridgehead atoms. The van der Waals surface area contributed by atoms with Crippen LogP contribution in [-0.4, -0.2) is 40.5 Å². The number of carbonyl (C=O) groups excluding carboxylic acids is 2. The van der Waals surface area contributed by atoms with E-state index in [0.29, 0.717) is 41.3 Å². The average Bonchev–Trinajstić information content (AvgIpc) is 3.00. The van der Waals surface area contributed by atoms with Crippen LogP contribution in [0.25, 0.3) is 0 Å².